The molecule has 0 saturated heterocycles. The lowest BCUT2D eigenvalue weighted by Gasteiger charge is -2.13. The Morgan fingerprint density at radius 2 is 2.14 bits per heavy atom. The molecule has 0 fully saturated rings. The van der Waals surface area contributed by atoms with Crippen LogP contribution in [-0.2, 0) is 4.79 Å². The molecule has 2 heterocycles. The standard InChI is InChI=1S/C15H19N5OS/c1-3-10(4-2)16-13(21)9-22-15-19-18-14-17-11-7-5-6-8-12(11)20(14)15/h5-8,10H,3-4,9H2,1-2H3,(H,16,21)(H,17,18). The lowest BCUT2D eigenvalue weighted by molar-refractivity contribution is -0.119. The summed E-state index contributed by atoms with van der Waals surface area (Å²) < 4.78 is 1.95. The highest BCUT2D eigenvalue weighted by Crippen LogP contribution is 2.22. The first-order valence-electron chi connectivity index (χ1n) is 7.46. The van der Waals surface area contributed by atoms with Crippen molar-refractivity contribution in [1.29, 1.82) is 0 Å². The van der Waals surface area contributed by atoms with Crippen LogP contribution in [0.3, 0.4) is 0 Å². The zero-order chi connectivity index (χ0) is 15.5. The summed E-state index contributed by atoms with van der Waals surface area (Å²) in [6, 6.07) is 8.14. The summed E-state index contributed by atoms with van der Waals surface area (Å²) in [7, 11) is 0. The first kappa shape index (κ1) is 14.9. The van der Waals surface area contributed by atoms with Crippen LogP contribution in [0.5, 0.6) is 0 Å². The van der Waals surface area contributed by atoms with Crippen molar-refractivity contribution in [1.82, 2.24) is 24.9 Å². The van der Waals surface area contributed by atoms with Crippen LogP contribution >= 0.6 is 11.8 Å². The van der Waals surface area contributed by atoms with Crippen molar-refractivity contribution in [2.75, 3.05) is 5.75 Å². The molecule has 1 amide bonds. The first-order chi connectivity index (χ1) is 10.7. The number of aromatic amines is 1. The molecule has 6 nitrogen and oxygen atoms in total. The largest absolute Gasteiger partial charge is 0.353 e. The van der Waals surface area contributed by atoms with Gasteiger partial charge in [0, 0.05) is 6.04 Å². The average Bonchev–Trinajstić information content (AvgIpc) is 3.09. The number of hydrogen-bond acceptors (Lipinski definition) is 4. The Morgan fingerprint density at radius 1 is 1.36 bits per heavy atom. The summed E-state index contributed by atoms with van der Waals surface area (Å²) in [5.41, 5.74) is 1.91. The molecule has 0 spiro atoms. The van der Waals surface area contributed by atoms with E-state index < -0.39 is 0 Å². The second kappa shape index (κ2) is 6.39. The van der Waals surface area contributed by atoms with Gasteiger partial charge in [-0.15, -0.1) is 5.10 Å². The van der Waals surface area contributed by atoms with Crippen molar-refractivity contribution >= 4 is 34.5 Å². The Labute approximate surface area is 132 Å². The minimum atomic E-state index is 0.0410. The van der Waals surface area contributed by atoms with Gasteiger partial charge in [0.1, 0.15) is 0 Å². The Bertz CT molecular complexity index is 790. The number of imidazole rings is 1. The molecular formula is C15H19N5OS. The minimum Gasteiger partial charge on any atom is -0.353 e. The lowest BCUT2D eigenvalue weighted by atomic mass is 10.2. The number of aromatic nitrogens is 4. The third-order valence-electron chi connectivity index (χ3n) is 3.69. The highest BCUT2D eigenvalue weighted by atomic mass is 32.2. The number of nitrogens with zero attached hydrogens (tertiary/aromatic N) is 3. The van der Waals surface area contributed by atoms with Crippen LogP contribution < -0.4 is 5.32 Å². The van der Waals surface area contributed by atoms with Gasteiger partial charge < -0.3 is 5.32 Å². The van der Waals surface area contributed by atoms with Crippen LogP contribution in [0, 0.1) is 0 Å². The highest BCUT2D eigenvalue weighted by Gasteiger charge is 2.14. The fourth-order valence-corrected chi connectivity index (χ4v) is 3.20. The van der Waals surface area contributed by atoms with E-state index in [0.717, 1.165) is 29.0 Å². The fraction of sp³-hybridized carbons (Fsp3) is 0.400. The Morgan fingerprint density at radius 3 is 2.91 bits per heavy atom. The van der Waals surface area contributed by atoms with Crippen molar-refractivity contribution in [3.8, 4) is 0 Å². The van der Waals surface area contributed by atoms with E-state index in [0.29, 0.717) is 11.5 Å². The topological polar surface area (TPSA) is 75.1 Å². The third-order valence-corrected chi connectivity index (χ3v) is 4.63. The van der Waals surface area contributed by atoms with Crippen molar-refractivity contribution in [2.45, 2.75) is 37.9 Å². The van der Waals surface area contributed by atoms with Crippen molar-refractivity contribution in [3.05, 3.63) is 24.3 Å². The number of H-pyrrole nitrogens is 1. The molecule has 0 unspecified atom stereocenters. The van der Waals surface area contributed by atoms with E-state index in [1.165, 1.54) is 11.8 Å². The van der Waals surface area contributed by atoms with Crippen LogP contribution in [0.1, 0.15) is 26.7 Å². The van der Waals surface area contributed by atoms with E-state index >= 15 is 0 Å². The van der Waals surface area contributed by atoms with Gasteiger partial charge in [-0.3, -0.25) is 9.20 Å². The van der Waals surface area contributed by atoms with Crippen molar-refractivity contribution in [3.63, 3.8) is 0 Å². The maximum atomic E-state index is 12.0. The summed E-state index contributed by atoms with van der Waals surface area (Å²) in [4.78, 5) is 16.5. The maximum absolute atomic E-state index is 12.0. The fourth-order valence-electron chi connectivity index (χ4n) is 2.43. The van der Waals surface area contributed by atoms with Gasteiger partial charge in [0.25, 0.3) is 0 Å². The normalized spacial score (nSPS) is 11.6. The molecule has 1 aromatic carbocycles. The summed E-state index contributed by atoms with van der Waals surface area (Å²) in [6.07, 6.45) is 1.90. The number of nitrogens with one attached hydrogen (secondary N) is 2. The smallest absolute Gasteiger partial charge is 0.231 e. The predicted molar refractivity (Wildman–Crippen MR) is 88.1 cm³/mol. The number of thioether (sulfide) groups is 1. The SMILES string of the molecule is CCC(CC)NC(=O)CSc1n[nH]c2nc3ccccc3n12. The van der Waals surface area contributed by atoms with Crippen LogP contribution in [-0.4, -0.2) is 37.3 Å². The molecule has 0 saturated carbocycles. The van der Waals surface area contributed by atoms with E-state index in [-0.39, 0.29) is 11.9 Å². The van der Waals surface area contributed by atoms with Crippen LogP contribution in [0.25, 0.3) is 16.8 Å². The zero-order valence-electron chi connectivity index (χ0n) is 12.7. The number of amides is 1. The molecule has 0 bridgehead atoms. The second-order valence-corrected chi connectivity index (χ2v) is 6.08. The number of para-hydroxylation sites is 2. The second-order valence-electron chi connectivity index (χ2n) is 5.14. The quantitative estimate of drug-likeness (QED) is 0.685. The molecule has 2 N–H and O–H groups in total. The van der Waals surface area contributed by atoms with Gasteiger partial charge in [0.05, 0.1) is 16.8 Å². The van der Waals surface area contributed by atoms with E-state index in [1.54, 1.807) is 0 Å². The van der Waals surface area contributed by atoms with Crippen LogP contribution in [0.15, 0.2) is 29.4 Å². The van der Waals surface area contributed by atoms with E-state index in [4.69, 9.17) is 0 Å². The van der Waals surface area contributed by atoms with Gasteiger partial charge in [0.2, 0.25) is 11.7 Å². The van der Waals surface area contributed by atoms with Gasteiger partial charge in [-0.2, -0.15) is 0 Å². The lowest BCUT2D eigenvalue weighted by Crippen LogP contribution is -2.35. The predicted octanol–water partition coefficient (Wildman–Crippen LogP) is 2.61. The zero-order valence-corrected chi connectivity index (χ0v) is 13.5. The molecule has 3 rings (SSSR count). The molecule has 0 aliphatic rings. The number of hydrogen-bond donors (Lipinski definition) is 2. The monoisotopic (exact) mass is 317 g/mol. The molecule has 0 atom stereocenters. The van der Waals surface area contributed by atoms with Gasteiger partial charge >= 0.3 is 0 Å². The number of rotatable bonds is 6. The molecule has 3 aromatic rings. The molecular weight excluding hydrogens is 298 g/mol. The molecule has 0 aliphatic carbocycles. The number of carbonyl (C=O) groups is 1. The number of benzene rings is 1. The van der Waals surface area contributed by atoms with Crippen molar-refractivity contribution in [2.24, 2.45) is 0 Å². The van der Waals surface area contributed by atoms with Gasteiger partial charge in [-0.1, -0.05) is 37.7 Å². The van der Waals surface area contributed by atoms with Crippen molar-refractivity contribution < 1.29 is 4.79 Å². The Kier molecular flexibility index (Phi) is 4.33. The van der Waals surface area contributed by atoms with Gasteiger partial charge in [-0.05, 0) is 25.0 Å². The molecule has 2 aromatic heterocycles. The molecule has 116 valence electrons. The summed E-state index contributed by atoms with van der Waals surface area (Å²) in [5.74, 6) is 1.09. The maximum Gasteiger partial charge on any atom is 0.231 e. The number of carbonyl (C=O) groups excluding carboxylic acids is 1. The van der Waals surface area contributed by atoms with Gasteiger partial charge in [-0.25, -0.2) is 10.1 Å². The van der Waals surface area contributed by atoms with E-state index in [1.807, 2.05) is 28.7 Å². The molecule has 0 aliphatic heterocycles. The molecule has 7 heteroatoms. The van der Waals surface area contributed by atoms with E-state index in [2.05, 4.69) is 34.3 Å². The molecule has 0 radical (unpaired) electrons. The summed E-state index contributed by atoms with van der Waals surface area (Å²) >= 11 is 1.42. The summed E-state index contributed by atoms with van der Waals surface area (Å²) in [5, 5.41) is 11.0. The first-order valence-corrected chi connectivity index (χ1v) is 8.45. The number of fused-ring (bicyclic) bond motifs is 3. The molecule has 22 heavy (non-hydrogen) atoms. The Hall–Kier alpha value is -2.02. The average molecular weight is 317 g/mol. The highest BCUT2D eigenvalue weighted by molar-refractivity contribution is 7.99. The van der Waals surface area contributed by atoms with Gasteiger partial charge in [0.15, 0.2) is 5.16 Å². The minimum absolute atomic E-state index is 0.0410. The Balaban J connectivity index is 1.75. The van der Waals surface area contributed by atoms with Crippen LogP contribution in [0.2, 0.25) is 0 Å². The third kappa shape index (κ3) is 2.81. The van der Waals surface area contributed by atoms with Crippen LogP contribution in [0.4, 0.5) is 0 Å². The van der Waals surface area contributed by atoms with E-state index in [9.17, 15) is 4.79 Å². The summed E-state index contributed by atoms with van der Waals surface area (Å²) in [6.45, 7) is 4.16.